The van der Waals surface area contributed by atoms with Crippen molar-refractivity contribution in [2.45, 2.75) is 167 Å². The van der Waals surface area contributed by atoms with Crippen molar-refractivity contribution in [3.8, 4) is 0 Å². The Hall–Kier alpha value is -0.620. The number of ether oxygens (including phenoxy) is 1. The first-order chi connectivity index (χ1) is 16.9. The molecule has 0 aliphatic heterocycles. The standard InChI is InChI=1S/C29H58O5S/c1-29(30)34-27-25-23-21-19-17-15-13-11-9-7-5-3-2-4-6-8-10-12-14-16-18-20-22-24-26-28-35(31,32)33/h2-28H2,1H3,(H,31,32,33). The van der Waals surface area contributed by atoms with E-state index in [-0.39, 0.29) is 11.7 Å². The van der Waals surface area contributed by atoms with Crippen molar-refractivity contribution in [2.75, 3.05) is 12.4 Å². The monoisotopic (exact) mass is 518 g/mol. The van der Waals surface area contributed by atoms with Gasteiger partial charge in [-0.15, -0.1) is 0 Å². The van der Waals surface area contributed by atoms with Crippen LogP contribution in [0.25, 0.3) is 0 Å². The van der Waals surface area contributed by atoms with Gasteiger partial charge in [0.1, 0.15) is 0 Å². The molecule has 5 nitrogen and oxygen atoms in total. The molecule has 0 radical (unpaired) electrons. The Balaban J connectivity index is 3.06. The van der Waals surface area contributed by atoms with Gasteiger partial charge >= 0.3 is 5.97 Å². The van der Waals surface area contributed by atoms with E-state index in [9.17, 15) is 13.2 Å². The molecule has 0 aliphatic rings. The topological polar surface area (TPSA) is 80.7 Å². The first-order valence-corrected chi connectivity index (χ1v) is 16.6. The Morgan fingerprint density at radius 2 is 0.714 bits per heavy atom. The molecule has 0 saturated heterocycles. The molecule has 0 fully saturated rings. The van der Waals surface area contributed by atoms with E-state index < -0.39 is 10.1 Å². The number of unbranched alkanes of at least 4 members (excludes halogenated alkanes) is 24. The van der Waals surface area contributed by atoms with Crippen molar-refractivity contribution in [1.82, 2.24) is 0 Å². The highest BCUT2D eigenvalue weighted by Gasteiger charge is 2.03. The van der Waals surface area contributed by atoms with E-state index in [4.69, 9.17) is 9.29 Å². The zero-order chi connectivity index (χ0) is 25.9. The summed E-state index contributed by atoms with van der Waals surface area (Å²) in [4.78, 5) is 10.7. The number of carbonyl (C=O) groups excluding carboxylic acids is 1. The third-order valence-corrected chi connectivity index (χ3v) is 7.66. The lowest BCUT2D eigenvalue weighted by Gasteiger charge is -2.04. The molecule has 0 aromatic rings. The maximum atomic E-state index is 10.7. The molecule has 0 atom stereocenters. The van der Waals surface area contributed by atoms with Gasteiger partial charge in [-0.3, -0.25) is 9.35 Å². The number of hydrogen-bond donors (Lipinski definition) is 1. The van der Waals surface area contributed by atoms with Crippen LogP contribution in [0.1, 0.15) is 167 Å². The lowest BCUT2D eigenvalue weighted by molar-refractivity contribution is -0.141. The molecule has 6 heteroatoms. The summed E-state index contributed by atoms with van der Waals surface area (Å²) in [6, 6.07) is 0. The summed E-state index contributed by atoms with van der Waals surface area (Å²) >= 11 is 0. The van der Waals surface area contributed by atoms with E-state index in [1.165, 1.54) is 142 Å². The molecule has 0 aromatic heterocycles. The molecular formula is C29H58O5S. The van der Waals surface area contributed by atoms with E-state index in [1.54, 1.807) is 0 Å². The third-order valence-electron chi connectivity index (χ3n) is 6.85. The Bertz CT molecular complexity index is 547. The maximum absolute atomic E-state index is 10.7. The van der Waals surface area contributed by atoms with E-state index in [1.807, 2.05) is 0 Å². The lowest BCUT2D eigenvalue weighted by Crippen LogP contribution is -2.03. The van der Waals surface area contributed by atoms with E-state index in [0.717, 1.165) is 19.3 Å². The van der Waals surface area contributed by atoms with Crippen molar-refractivity contribution in [3.05, 3.63) is 0 Å². The van der Waals surface area contributed by atoms with Gasteiger partial charge in [-0.25, -0.2) is 0 Å². The van der Waals surface area contributed by atoms with Crippen LogP contribution in [0.3, 0.4) is 0 Å². The summed E-state index contributed by atoms with van der Waals surface area (Å²) in [6.45, 7) is 2.06. The first kappa shape index (κ1) is 34.4. The van der Waals surface area contributed by atoms with Crippen molar-refractivity contribution in [1.29, 1.82) is 0 Å². The number of hydrogen-bond acceptors (Lipinski definition) is 4. The zero-order valence-corrected chi connectivity index (χ0v) is 23.9. The average molecular weight is 519 g/mol. The minimum absolute atomic E-state index is 0.0858. The van der Waals surface area contributed by atoms with Crippen molar-refractivity contribution in [3.63, 3.8) is 0 Å². The molecule has 1 N–H and O–H groups in total. The van der Waals surface area contributed by atoms with Gasteiger partial charge < -0.3 is 4.74 Å². The van der Waals surface area contributed by atoms with Crippen LogP contribution >= 0.6 is 0 Å². The predicted octanol–water partition coefficient (Wildman–Crippen LogP) is 9.19. The maximum Gasteiger partial charge on any atom is 0.302 e. The second kappa shape index (κ2) is 26.4. The van der Waals surface area contributed by atoms with Gasteiger partial charge in [-0.2, -0.15) is 8.42 Å². The lowest BCUT2D eigenvalue weighted by atomic mass is 10.0. The summed E-state index contributed by atoms with van der Waals surface area (Å²) in [5.41, 5.74) is 0. The molecule has 0 heterocycles. The SMILES string of the molecule is CC(=O)OCCCCCCCCCCCCCCCCCCCCCCCCCCCS(=O)(=O)O. The van der Waals surface area contributed by atoms with Crippen LogP contribution in [0.15, 0.2) is 0 Å². The molecule has 0 aromatic carbocycles. The fourth-order valence-corrected chi connectivity index (χ4v) is 5.24. The summed E-state index contributed by atoms with van der Waals surface area (Å²) in [6.07, 6.45) is 32.0. The molecule has 0 unspecified atom stereocenters. The van der Waals surface area contributed by atoms with Crippen LogP contribution in [-0.4, -0.2) is 31.3 Å². The minimum atomic E-state index is -3.76. The third kappa shape index (κ3) is 33.4. The normalized spacial score (nSPS) is 11.7. The fourth-order valence-electron chi connectivity index (χ4n) is 4.67. The molecular weight excluding hydrogens is 460 g/mol. The summed E-state index contributed by atoms with van der Waals surface area (Å²) < 4.78 is 34.9. The molecule has 0 rings (SSSR count). The Morgan fingerprint density at radius 1 is 0.486 bits per heavy atom. The Kier molecular flexibility index (Phi) is 26.0. The van der Waals surface area contributed by atoms with E-state index >= 15 is 0 Å². The largest absolute Gasteiger partial charge is 0.466 e. The molecule has 0 spiro atoms. The Labute approximate surface area is 218 Å². The van der Waals surface area contributed by atoms with Crippen molar-refractivity contribution in [2.24, 2.45) is 0 Å². The van der Waals surface area contributed by atoms with Crippen LogP contribution in [0.4, 0.5) is 0 Å². The van der Waals surface area contributed by atoms with E-state index in [0.29, 0.717) is 13.0 Å². The predicted molar refractivity (Wildman–Crippen MR) is 148 cm³/mol. The molecule has 0 bridgehead atoms. The second-order valence-electron chi connectivity index (χ2n) is 10.5. The Morgan fingerprint density at radius 3 is 0.943 bits per heavy atom. The zero-order valence-electron chi connectivity index (χ0n) is 23.1. The van der Waals surface area contributed by atoms with Gasteiger partial charge in [-0.1, -0.05) is 148 Å². The van der Waals surface area contributed by atoms with Gasteiger partial charge in [-0.05, 0) is 12.8 Å². The highest BCUT2D eigenvalue weighted by molar-refractivity contribution is 7.85. The van der Waals surface area contributed by atoms with Gasteiger partial charge in [0, 0.05) is 6.92 Å². The van der Waals surface area contributed by atoms with Crippen LogP contribution < -0.4 is 0 Å². The fraction of sp³-hybridized carbons (Fsp3) is 0.966. The summed E-state index contributed by atoms with van der Waals surface area (Å²) in [5.74, 6) is -0.249. The quantitative estimate of drug-likeness (QED) is 0.0634. The number of rotatable bonds is 28. The minimum Gasteiger partial charge on any atom is -0.466 e. The summed E-state index contributed by atoms with van der Waals surface area (Å²) in [5, 5.41) is 0. The van der Waals surface area contributed by atoms with Gasteiger partial charge in [0.25, 0.3) is 10.1 Å². The van der Waals surface area contributed by atoms with Crippen LogP contribution in [-0.2, 0) is 19.6 Å². The van der Waals surface area contributed by atoms with Gasteiger partial charge in [0.2, 0.25) is 0 Å². The first-order valence-electron chi connectivity index (χ1n) is 15.0. The van der Waals surface area contributed by atoms with Crippen molar-refractivity contribution >= 4 is 16.1 Å². The smallest absolute Gasteiger partial charge is 0.302 e. The highest BCUT2D eigenvalue weighted by Crippen LogP contribution is 2.16. The number of esters is 1. The second-order valence-corrected chi connectivity index (χ2v) is 12.0. The molecule has 0 saturated carbocycles. The average Bonchev–Trinajstić information content (AvgIpc) is 2.80. The van der Waals surface area contributed by atoms with Crippen LogP contribution in [0.5, 0.6) is 0 Å². The molecule has 35 heavy (non-hydrogen) atoms. The number of carbonyl (C=O) groups is 1. The van der Waals surface area contributed by atoms with Crippen LogP contribution in [0.2, 0.25) is 0 Å². The molecule has 0 aliphatic carbocycles. The van der Waals surface area contributed by atoms with E-state index in [2.05, 4.69) is 0 Å². The molecule has 210 valence electrons. The van der Waals surface area contributed by atoms with Gasteiger partial charge in [0.05, 0.1) is 12.4 Å². The molecule has 0 amide bonds. The highest BCUT2D eigenvalue weighted by atomic mass is 32.2. The van der Waals surface area contributed by atoms with Gasteiger partial charge in [0.15, 0.2) is 0 Å². The summed E-state index contributed by atoms with van der Waals surface area (Å²) in [7, 11) is -3.76. The van der Waals surface area contributed by atoms with Crippen LogP contribution in [0, 0.1) is 0 Å². The van der Waals surface area contributed by atoms with Crippen molar-refractivity contribution < 1.29 is 22.5 Å².